The summed E-state index contributed by atoms with van der Waals surface area (Å²) in [6, 6.07) is 40.6. The molecule has 53 heavy (non-hydrogen) atoms. The van der Waals surface area contributed by atoms with Crippen molar-refractivity contribution in [2.75, 3.05) is 0 Å². The van der Waals surface area contributed by atoms with Crippen LogP contribution in [-0.4, -0.2) is 9.97 Å². The van der Waals surface area contributed by atoms with Gasteiger partial charge >= 0.3 is 0 Å². The Hall–Kier alpha value is -5.60. The molecule has 0 bridgehead atoms. The Bertz CT molecular complexity index is 2810. The van der Waals surface area contributed by atoms with Gasteiger partial charge in [-0.25, -0.2) is 0 Å². The number of benzene rings is 5. The lowest BCUT2D eigenvalue weighted by Gasteiger charge is -2.33. The molecule has 2 heteroatoms. The molecule has 5 aromatic carbocycles. The molecule has 11 rings (SSSR count). The Morgan fingerprint density at radius 3 is 1.60 bits per heavy atom. The third-order valence-electron chi connectivity index (χ3n) is 13.7. The second-order valence-electron chi connectivity index (χ2n) is 17.4. The highest BCUT2D eigenvalue weighted by molar-refractivity contribution is 6.10. The molecular formula is C51H42N2. The van der Waals surface area contributed by atoms with Crippen molar-refractivity contribution >= 4 is 32.7 Å². The number of rotatable bonds is 2. The molecule has 0 fully saturated rings. The second-order valence-corrected chi connectivity index (χ2v) is 17.4. The smallest absolute Gasteiger partial charge is 0.0708 e. The fraction of sp³-hybridized carbons (Fsp3) is 0.216. The van der Waals surface area contributed by atoms with Crippen LogP contribution in [0.15, 0.2) is 133 Å². The molecular weight excluding hydrogens is 641 g/mol. The molecule has 0 spiro atoms. The molecule has 1 unspecified atom stereocenters. The summed E-state index contributed by atoms with van der Waals surface area (Å²) in [5.74, 6) is 0.392. The molecule has 7 aromatic rings. The van der Waals surface area contributed by atoms with E-state index in [0.29, 0.717) is 5.92 Å². The summed E-state index contributed by atoms with van der Waals surface area (Å²) < 4.78 is 0. The van der Waals surface area contributed by atoms with Crippen LogP contribution in [0, 0.1) is 5.92 Å². The maximum Gasteiger partial charge on any atom is 0.0708 e. The molecule has 0 amide bonds. The van der Waals surface area contributed by atoms with Crippen molar-refractivity contribution in [2.45, 2.75) is 64.2 Å². The maximum absolute atomic E-state index is 4.82. The van der Waals surface area contributed by atoms with E-state index in [4.69, 9.17) is 9.97 Å². The quantitative estimate of drug-likeness (QED) is 0.181. The van der Waals surface area contributed by atoms with Crippen molar-refractivity contribution in [3.8, 4) is 33.6 Å². The number of aromatic nitrogens is 2. The molecule has 4 aliphatic carbocycles. The molecule has 0 radical (unpaired) electrons. The maximum atomic E-state index is 4.82. The first-order valence-electron chi connectivity index (χ1n) is 19.2. The van der Waals surface area contributed by atoms with Gasteiger partial charge in [0.2, 0.25) is 0 Å². The van der Waals surface area contributed by atoms with Crippen LogP contribution in [0.4, 0.5) is 0 Å². The van der Waals surface area contributed by atoms with Gasteiger partial charge in [-0.1, -0.05) is 108 Å². The van der Waals surface area contributed by atoms with Crippen LogP contribution in [0.5, 0.6) is 0 Å². The number of nitrogens with zero attached hydrogens (tertiary/aromatic N) is 2. The van der Waals surface area contributed by atoms with Crippen molar-refractivity contribution in [1.82, 2.24) is 9.97 Å². The second kappa shape index (κ2) is 10.3. The summed E-state index contributed by atoms with van der Waals surface area (Å²) in [6.07, 6.45) is 7.50. The van der Waals surface area contributed by atoms with Crippen molar-refractivity contribution in [3.05, 3.63) is 167 Å². The number of pyridine rings is 2. The van der Waals surface area contributed by atoms with E-state index in [1.165, 1.54) is 88.3 Å². The van der Waals surface area contributed by atoms with Crippen LogP contribution >= 0.6 is 0 Å². The Labute approximate surface area is 312 Å². The fourth-order valence-corrected chi connectivity index (χ4v) is 10.9. The summed E-state index contributed by atoms with van der Waals surface area (Å²) in [6.45, 7) is 14.7. The lowest BCUT2D eigenvalue weighted by Crippen LogP contribution is -2.26. The van der Waals surface area contributed by atoms with E-state index in [-0.39, 0.29) is 16.2 Å². The highest BCUT2D eigenvalue weighted by atomic mass is 14.7. The van der Waals surface area contributed by atoms with E-state index in [1.807, 2.05) is 24.5 Å². The van der Waals surface area contributed by atoms with Gasteiger partial charge in [-0.3, -0.25) is 9.97 Å². The molecule has 0 N–H and O–H groups in total. The van der Waals surface area contributed by atoms with E-state index in [0.717, 1.165) is 17.8 Å². The SMILES string of the molecule is CC1(C)C2=C(CC3C(=C2)c2c(cc(-c4ccccn4)c4ccccc24)C3(C)C)c2cc3c(cc21)-c1c(cc(-c2ccccn2)c2ccccc12)C3(C)C. The van der Waals surface area contributed by atoms with Crippen LogP contribution < -0.4 is 0 Å². The molecule has 2 nitrogen and oxygen atoms in total. The third-order valence-corrected chi connectivity index (χ3v) is 13.7. The van der Waals surface area contributed by atoms with Gasteiger partial charge in [0.25, 0.3) is 0 Å². The highest BCUT2D eigenvalue weighted by Gasteiger charge is 2.50. The number of hydrogen-bond acceptors (Lipinski definition) is 2. The summed E-state index contributed by atoms with van der Waals surface area (Å²) >= 11 is 0. The summed E-state index contributed by atoms with van der Waals surface area (Å²) in [5.41, 5.74) is 20.2. The lowest BCUT2D eigenvalue weighted by atomic mass is 9.70. The van der Waals surface area contributed by atoms with Gasteiger partial charge in [0, 0.05) is 34.4 Å². The number of fused-ring (bicyclic) bond motifs is 12. The number of hydrogen-bond donors (Lipinski definition) is 0. The Balaban J connectivity index is 1.11. The van der Waals surface area contributed by atoms with Crippen LogP contribution in [0.2, 0.25) is 0 Å². The molecule has 0 saturated heterocycles. The van der Waals surface area contributed by atoms with Crippen molar-refractivity contribution < 1.29 is 0 Å². The predicted molar refractivity (Wildman–Crippen MR) is 221 cm³/mol. The summed E-state index contributed by atoms with van der Waals surface area (Å²) in [4.78, 5) is 9.63. The molecule has 4 aliphatic rings. The van der Waals surface area contributed by atoms with Crippen LogP contribution in [0.25, 0.3) is 66.3 Å². The van der Waals surface area contributed by atoms with Crippen LogP contribution in [0.3, 0.4) is 0 Å². The van der Waals surface area contributed by atoms with E-state index < -0.39 is 0 Å². The molecule has 0 aliphatic heterocycles. The van der Waals surface area contributed by atoms with Gasteiger partial charge in [0.1, 0.15) is 0 Å². The summed E-state index contributed by atoms with van der Waals surface area (Å²) in [5, 5.41) is 5.21. The zero-order chi connectivity index (χ0) is 36.0. The molecule has 2 heterocycles. The van der Waals surface area contributed by atoms with Gasteiger partial charge in [-0.15, -0.1) is 0 Å². The molecule has 0 saturated carbocycles. The average molecular weight is 683 g/mol. The van der Waals surface area contributed by atoms with E-state index in [9.17, 15) is 0 Å². The van der Waals surface area contributed by atoms with Gasteiger partial charge in [-0.05, 0) is 149 Å². The minimum absolute atomic E-state index is 0.0345. The zero-order valence-electron chi connectivity index (χ0n) is 31.3. The molecule has 2 aromatic heterocycles. The van der Waals surface area contributed by atoms with Gasteiger partial charge in [-0.2, -0.15) is 0 Å². The highest BCUT2D eigenvalue weighted by Crippen LogP contribution is 2.64. The van der Waals surface area contributed by atoms with Crippen molar-refractivity contribution in [1.29, 1.82) is 0 Å². The number of allylic oxidation sites excluding steroid dienone is 4. The van der Waals surface area contributed by atoms with Crippen molar-refractivity contribution in [2.24, 2.45) is 5.92 Å². The minimum atomic E-state index is -0.153. The van der Waals surface area contributed by atoms with Crippen molar-refractivity contribution in [3.63, 3.8) is 0 Å². The molecule has 256 valence electrons. The van der Waals surface area contributed by atoms with E-state index >= 15 is 0 Å². The first kappa shape index (κ1) is 31.0. The average Bonchev–Trinajstić information content (AvgIpc) is 3.65. The predicted octanol–water partition coefficient (Wildman–Crippen LogP) is 12.9. The first-order valence-corrected chi connectivity index (χ1v) is 19.2. The summed E-state index contributed by atoms with van der Waals surface area (Å²) in [7, 11) is 0. The van der Waals surface area contributed by atoms with Gasteiger partial charge in [0.15, 0.2) is 0 Å². The third kappa shape index (κ3) is 3.94. The Kier molecular flexibility index (Phi) is 6.01. The fourth-order valence-electron chi connectivity index (χ4n) is 10.9. The van der Waals surface area contributed by atoms with E-state index in [2.05, 4.69) is 145 Å². The minimum Gasteiger partial charge on any atom is -0.256 e. The largest absolute Gasteiger partial charge is 0.256 e. The van der Waals surface area contributed by atoms with Gasteiger partial charge in [0.05, 0.1) is 11.4 Å². The zero-order valence-corrected chi connectivity index (χ0v) is 31.3. The molecule has 1 atom stereocenters. The normalized spacial score (nSPS) is 19.4. The van der Waals surface area contributed by atoms with E-state index in [1.54, 1.807) is 5.57 Å². The topological polar surface area (TPSA) is 25.8 Å². The first-order chi connectivity index (χ1) is 25.6. The van der Waals surface area contributed by atoms with Gasteiger partial charge < -0.3 is 0 Å². The Morgan fingerprint density at radius 1 is 0.491 bits per heavy atom. The standard InChI is InChI=1S/C51H42N2/c1-49(2)39-27-37-41(50(3,4)43-25-35(45-19-11-13-21-52-45)29-15-7-9-17-31(29)47(37)43)23-33(39)34-24-42-38(28-40(34)49)48-32-18-10-8-16-30(32)36(26-44(48)51(42,5)6)46-20-12-14-22-53-46/h7-23,25-28,42H,24H2,1-6H3. The lowest BCUT2D eigenvalue weighted by molar-refractivity contribution is 0.417. The van der Waals surface area contributed by atoms with Crippen LogP contribution in [0.1, 0.15) is 81.3 Å². The Morgan fingerprint density at radius 2 is 1.00 bits per heavy atom. The van der Waals surface area contributed by atoms with Crippen LogP contribution in [-0.2, 0) is 16.2 Å². The monoisotopic (exact) mass is 682 g/mol.